The Balaban J connectivity index is 1.85. The quantitative estimate of drug-likeness (QED) is 0.393. The van der Waals surface area contributed by atoms with Crippen molar-refractivity contribution in [3.05, 3.63) is 48.1 Å². The highest BCUT2D eigenvalue weighted by atomic mass is 16.6. The van der Waals surface area contributed by atoms with Crippen LogP contribution in [0, 0.1) is 23.7 Å². The van der Waals surface area contributed by atoms with Gasteiger partial charge < -0.3 is 19.1 Å². The van der Waals surface area contributed by atoms with Gasteiger partial charge in [0, 0.05) is 32.7 Å². The van der Waals surface area contributed by atoms with Crippen molar-refractivity contribution in [2.75, 3.05) is 0 Å². The first-order valence-electron chi connectivity index (χ1n) is 12.2. The van der Waals surface area contributed by atoms with Crippen molar-refractivity contribution in [3.63, 3.8) is 0 Å². The van der Waals surface area contributed by atoms with Gasteiger partial charge in [-0.25, -0.2) is 9.78 Å². The number of aryl methyl sites for hydroxylation is 1. The number of rotatable bonds is 5. The lowest BCUT2D eigenvalue weighted by molar-refractivity contribution is -0.151. The standard InChI is InChI=1S/C27H38N2O5/c1-17(2)22-11-9-18(3)23-14-26(34-27(32)12-10-20-15-29(5)16-28-20)25(31)8-6-7-21(13-24(22)23)33-19(4)30/h6,8-10,12,15-17,21-26,31H,7,11,13-14H2,1-5H3/t21-,22-,23+,24-,25-,26+/m1/s1. The minimum absolute atomic E-state index is 0.123. The summed E-state index contributed by atoms with van der Waals surface area (Å²) in [5.41, 5.74) is 1.90. The highest BCUT2D eigenvalue weighted by Crippen LogP contribution is 2.45. The molecule has 34 heavy (non-hydrogen) atoms. The summed E-state index contributed by atoms with van der Waals surface area (Å²) in [4.78, 5) is 28.5. The van der Waals surface area contributed by atoms with Crippen LogP contribution in [0.2, 0.25) is 0 Å². The van der Waals surface area contributed by atoms with Crippen molar-refractivity contribution < 1.29 is 24.2 Å². The van der Waals surface area contributed by atoms with E-state index in [9.17, 15) is 14.7 Å². The molecule has 7 heteroatoms. The predicted octanol–water partition coefficient (Wildman–Crippen LogP) is 4.23. The highest BCUT2D eigenvalue weighted by molar-refractivity contribution is 5.86. The summed E-state index contributed by atoms with van der Waals surface area (Å²) in [6.45, 7) is 8.01. The number of imidazole rings is 1. The maximum atomic E-state index is 12.6. The molecule has 1 aromatic heterocycles. The van der Waals surface area contributed by atoms with Gasteiger partial charge in [0.05, 0.1) is 12.0 Å². The SMILES string of the molecule is CC(=O)O[C@@H]1CC=C[C@@H](O)[C@@H](OC(=O)C=Cc2cn(C)cn2)C[C@H]2C(C)=CC[C@H](C(C)C)[C@H]2C1. The van der Waals surface area contributed by atoms with Gasteiger partial charge in [0.1, 0.15) is 18.3 Å². The number of hydrogen-bond donors (Lipinski definition) is 1. The van der Waals surface area contributed by atoms with Crippen LogP contribution in [0.1, 0.15) is 59.1 Å². The largest absolute Gasteiger partial charge is 0.462 e. The molecule has 186 valence electrons. The first-order valence-corrected chi connectivity index (χ1v) is 12.2. The maximum absolute atomic E-state index is 12.6. The van der Waals surface area contributed by atoms with E-state index in [1.807, 2.05) is 13.1 Å². The minimum atomic E-state index is -0.948. The maximum Gasteiger partial charge on any atom is 0.331 e. The van der Waals surface area contributed by atoms with Crippen molar-refractivity contribution in [1.82, 2.24) is 9.55 Å². The molecule has 0 spiro atoms. The van der Waals surface area contributed by atoms with Gasteiger partial charge in [0.25, 0.3) is 0 Å². The Morgan fingerprint density at radius 1 is 1.24 bits per heavy atom. The summed E-state index contributed by atoms with van der Waals surface area (Å²) in [5.74, 6) is 0.472. The lowest BCUT2D eigenvalue weighted by Crippen LogP contribution is -2.40. The Kier molecular flexibility index (Phi) is 8.89. The molecular formula is C27H38N2O5. The number of carbonyl (C=O) groups excluding carboxylic acids is 2. The molecule has 1 N–H and O–H groups in total. The average molecular weight is 471 g/mol. The van der Waals surface area contributed by atoms with Gasteiger partial charge in [-0.3, -0.25) is 4.79 Å². The fraction of sp³-hybridized carbons (Fsp3) is 0.593. The first-order chi connectivity index (χ1) is 16.1. The zero-order valence-corrected chi connectivity index (χ0v) is 20.9. The monoisotopic (exact) mass is 470 g/mol. The van der Waals surface area contributed by atoms with Crippen LogP contribution in [-0.2, 0) is 26.1 Å². The first kappa shape index (κ1) is 25.9. The summed E-state index contributed by atoms with van der Waals surface area (Å²) in [6.07, 6.45) is 13.1. The Labute approximate surface area is 202 Å². The molecule has 0 bridgehead atoms. The van der Waals surface area contributed by atoms with Gasteiger partial charge in [-0.1, -0.05) is 37.6 Å². The Hall–Kier alpha value is -2.67. The van der Waals surface area contributed by atoms with Crippen LogP contribution in [0.25, 0.3) is 6.08 Å². The molecule has 0 unspecified atom stereocenters. The molecule has 0 saturated heterocycles. The minimum Gasteiger partial charge on any atom is -0.462 e. The molecule has 2 aliphatic rings. The van der Waals surface area contributed by atoms with E-state index >= 15 is 0 Å². The number of fused-ring (bicyclic) bond motifs is 1. The van der Waals surface area contributed by atoms with E-state index in [2.05, 4.69) is 31.8 Å². The smallest absolute Gasteiger partial charge is 0.331 e. The number of hydrogen-bond acceptors (Lipinski definition) is 6. The molecule has 0 aliphatic heterocycles. The molecule has 1 aromatic rings. The third-order valence-corrected chi connectivity index (χ3v) is 7.07. The summed E-state index contributed by atoms with van der Waals surface area (Å²) < 4.78 is 13.2. The second-order valence-electron chi connectivity index (χ2n) is 9.99. The van der Waals surface area contributed by atoms with E-state index in [1.165, 1.54) is 18.6 Å². The van der Waals surface area contributed by atoms with Crippen LogP contribution in [-0.4, -0.2) is 44.9 Å². The Bertz CT molecular complexity index is 945. The number of aromatic nitrogens is 2. The molecule has 1 heterocycles. The molecule has 3 rings (SSSR count). The lowest BCUT2D eigenvalue weighted by atomic mass is 9.64. The Morgan fingerprint density at radius 3 is 2.65 bits per heavy atom. The molecule has 0 fully saturated rings. The number of allylic oxidation sites excluding steroid dienone is 2. The Morgan fingerprint density at radius 2 is 2.00 bits per heavy atom. The second kappa shape index (κ2) is 11.6. The number of aliphatic hydroxyl groups is 1. The van der Waals surface area contributed by atoms with Gasteiger partial charge in [-0.2, -0.15) is 0 Å². The predicted molar refractivity (Wildman–Crippen MR) is 130 cm³/mol. The van der Waals surface area contributed by atoms with Crippen LogP contribution in [0.3, 0.4) is 0 Å². The third-order valence-electron chi connectivity index (χ3n) is 7.07. The number of carbonyl (C=O) groups is 2. The number of esters is 2. The van der Waals surface area contributed by atoms with Crippen LogP contribution < -0.4 is 0 Å². The molecule has 0 amide bonds. The van der Waals surface area contributed by atoms with Crippen LogP contribution in [0.5, 0.6) is 0 Å². The van der Waals surface area contributed by atoms with Gasteiger partial charge in [-0.05, 0) is 55.9 Å². The number of aliphatic hydroxyl groups excluding tert-OH is 1. The van der Waals surface area contributed by atoms with E-state index in [4.69, 9.17) is 9.47 Å². The van der Waals surface area contributed by atoms with Crippen molar-refractivity contribution in [2.24, 2.45) is 30.7 Å². The fourth-order valence-electron chi connectivity index (χ4n) is 5.34. The summed E-state index contributed by atoms with van der Waals surface area (Å²) in [5, 5.41) is 10.9. The van der Waals surface area contributed by atoms with Crippen molar-refractivity contribution in [3.8, 4) is 0 Å². The zero-order valence-electron chi connectivity index (χ0n) is 20.9. The van der Waals surface area contributed by atoms with E-state index in [0.717, 1.165) is 12.8 Å². The van der Waals surface area contributed by atoms with Gasteiger partial charge in [0.15, 0.2) is 0 Å². The van der Waals surface area contributed by atoms with Crippen LogP contribution >= 0.6 is 0 Å². The van der Waals surface area contributed by atoms with Gasteiger partial charge in [0.2, 0.25) is 0 Å². The zero-order chi connectivity index (χ0) is 24.8. The third kappa shape index (κ3) is 6.92. The number of nitrogens with zero attached hydrogens (tertiary/aromatic N) is 2. The average Bonchev–Trinajstić information content (AvgIpc) is 3.18. The lowest BCUT2D eigenvalue weighted by Gasteiger charge is -2.43. The summed E-state index contributed by atoms with van der Waals surface area (Å²) in [7, 11) is 1.86. The molecular weight excluding hydrogens is 432 g/mol. The summed E-state index contributed by atoms with van der Waals surface area (Å²) >= 11 is 0. The van der Waals surface area contributed by atoms with Crippen molar-refractivity contribution >= 4 is 18.0 Å². The second-order valence-corrected chi connectivity index (χ2v) is 9.99. The molecule has 0 radical (unpaired) electrons. The van der Waals surface area contributed by atoms with E-state index in [-0.39, 0.29) is 23.9 Å². The van der Waals surface area contributed by atoms with Crippen LogP contribution in [0.4, 0.5) is 0 Å². The molecule has 6 atom stereocenters. The molecule has 0 saturated carbocycles. The van der Waals surface area contributed by atoms with Gasteiger partial charge in [-0.15, -0.1) is 0 Å². The van der Waals surface area contributed by atoms with E-state index < -0.39 is 18.2 Å². The van der Waals surface area contributed by atoms with E-state index in [0.29, 0.717) is 30.4 Å². The topological polar surface area (TPSA) is 90.7 Å². The molecule has 7 nitrogen and oxygen atoms in total. The van der Waals surface area contributed by atoms with Crippen molar-refractivity contribution in [1.29, 1.82) is 0 Å². The highest BCUT2D eigenvalue weighted by Gasteiger charge is 2.40. The van der Waals surface area contributed by atoms with Gasteiger partial charge >= 0.3 is 11.9 Å². The normalized spacial score (nSPS) is 30.0. The van der Waals surface area contributed by atoms with Crippen LogP contribution in [0.15, 0.2) is 42.4 Å². The van der Waals surface area contributed by atoms with Crippen molar-refractivity contribution in [2.45, 2.75) is 71.7 Å². The van der Waals surface area contributed by atoms with E-state index in [1.54, 1.807) is 29.2 Å². The molecule has 0 aromatic carbocycles. The summed E-state index contributed by atoms with van der Waals surface area (Å²) in [6, 6.07) is 0. The molecule has 2 aliphatic carbocycles. The number of ether oxygens (including phenoxy) is 2. The fourth-order valence-corrected chi connectivity index (χ4v) is 5.34.